The van der Waals surface area contributed by atoms with Crippen LogP contribution in [-0.4, -0.2) is 59.8 Å². The van der Waals surface area contributed by atoms with Gasteiger partial charge in [0.25, 0.3) is 5.91 Å². The predicted octanol–water partition coefficient (Wildman–Crippen LogP) is 1.16. The second-order valence-electron chi connectivity index (χ2n) is 5.80. The molecule has 1 fully saturated rings. The summed E-state index contributed by atoms with van der Waals surface area (Å²) >= 11 is 0. The number of aromatic amines is 1. The lowest BCUT2D eigenvalue weighted by Crippen LogP contribution is -2.37. The molecule has 0 radical (unpaired) electrons. The molecule has 8 nitrogen and oxygen atoms in total. The highest BCUT2D eigenvalue weighted by atomic mass is 32.2. The number of carbonyl (C=O) groups excluding carboxylic acids is 1. The van der Waals surface area contributed by atoms with Crippen LogP contribution in [0.5, 0.6) is 0 Å². The number of hydrogen-bond acceptors (Lipinski definition) is 5. The zero-order valence-corrected chi connectivity index (χ0v) is 14.5. The van der Waals surface area contributed by atoms with E-state index in [9.17, 15) is 13.2 Å². The minimum Gasteiger partial charge on any atom is -0.367 e. The van der Waals surface area contributed by atoms with Crippen LogP contribution in [0.1, 0.15) is 28.2 Å². The number of aromatic nitrogens is 2. The second kappa shape index (κ2) is 6.40. The van der Waals surface area contributed by atoms with Gasteiger partial charge in [0.2, 0.25) is 10.0 Å². The lowest BCUT2D eigenvalue weighted by molar-refractivity contribution is 0.0764. The lowest BCUT2D eigenvalue weighted by Gasteiger charge is -2.21. The molecule has 0 saturated carbocycles. The first-order chi connectivity index (χ1) is 11.4. The van der Waals surface area contributed by atoms with E-state index in [4.69, 9.17) is 4.52 Å². The van der Waals surface area contributed by atoms with Crippen LogP contribution in [0.3, 0.4) is 0 Å². The number of rotatable bonds is 3. The van der Waals surface area contributed by atoms with Crippen LogP contribution < -0.4 is 0 Å². The number of aryl methyl sites for hydroxylation is 2. The fourth-order valence-electron chi connectivity index (χ4n) is 2.95. The number of nitrogens with zero attached hydrogens (tertiary/aromatic N) is 3. The summed E-state index contributed by atoms with van der Waals surface area (Å²) in [6, 6.07) is 1.71. The summed E-state index contributed by atoms with van der Waals surface area (Å²) in [5.74, 6) is 0.199. The van der Waals surface area contributed by atoms with Gasteiger partial charge in [0.05, 0.1) is 5.56 Å². The van der Waals surface area contributed by atoms with E-state index in [0.29, 0.717) is 37.3 Å². The number of amides is 1. The molecule has 1 saturated heterocycles. The van der Waals surface area contributed by atoms with Gasteiger partial charge >= 0.3 is 0 Å². The predicted molar refractivity (Wildman–Crippen MR) is 86.0 cm³/mol. The zero-order valence-electron chi connectivity index (χ0n) is 13.7. The van der Waals surface area contributed by atoms with Crippen molar-refractivity contribution in [1.82, 2.24) is 19.3 Å². The molecule has 9 heteroatoms. The normalized spacial score (nSPS) is 17.0. The van der Waals surface area contributed by atoms with E-state index >= 15 is 0 Å². The molecule has 3 heterocycles. The van der Waals surface area contributed by atoms with Crippen molar-refractivity contribution in [1.29, 1.82) is 0 Å². The third-order valence-electron chi connectivity index (χ3n) is 4.15. The second-order valence-corrected chi connectivity index (χ2v) is 7.68. The molecule has 0 aromatic carbocycles. The van der Waals surface area contributed by atoms with E-state index < -0.39 is 10.0 Å². The number of sulfonamides is 1. The molecule has 1 N–H and O–H groups in total. The average molecular weight is 352 g/mol. The highest BCUT2D eigenvalue weighted by Crippen LogP contribution is 2.24. The third-order valence-corrected chi connectivity index (χ3v) is 6.30. The fourth-order valence-corrected chi connectivity index (χ4v) is 4.71. The summed E-state index contributed by atoms with van der Waals surface area (Å²) in [7, 11) is -3.67. The van der Waals surface area contributed by atoms with Crippen molar-refractivity contribution in [3.8, 4) is 0 Å². The van der Waals surface area contributed by atoms with Gasteiger partial charge in [-0.2, -0.15) is 4.31 Å². The number of hydrogen-bond donors (Lipinski definition) is 1. The van der Waals surface area contributed by atoms with Crippen molar-refractivity contribution >= 4 is 15.9 Å². The van der Waals surface area contributed by atoms with Gasteiger partial charge in [0, 0.05) is 38.6 Å². The standard InChI is InChI=1S/C15H20N4O4S/c1-11-14(12(2)23-17-11)24(21,22)19-7-3-6-18(8-9-19)15(20)13-4-5-16-10-13/h4-5,10,16H,3,6-9H2,1-2H3. The largest absolute Gasteiger partial charge is 0.367 e. The van der Waals surface area contributed by atoms with Crippen LogP contribution in [0, 0.1) is 13.8 Å². The van der Waals surface area contributed by atoms with E-state index in [1.165, 1.54) is 4.31 Å². The Hall–Kier alpha value is -2.13. The van der Waals surface area contributed by atoms with Crippen LogP contribution in [0.15, 0.2) is 27.9 Å². The van der Waals surface area contributed by atoms with Gasteiger partial charge in [-0.15, -0.1) is 0 Å². The molecule has 0 aliphatic carbocycles. The Kier molecular flexibility index (Phi) is 4.46. The molecule has 3 rings (SSSR count). The summed E-state index contributed by atoms with van der Waals surface area (Å²) in [6.07, 6.45) is 3.92. The number of H-pyrrole nitrogens is 1. The first-order valence-electron chi connectivity index (χ1n) is 7.76. The average Bonchev–Trinajstić information content (AvgIpc) is 3.10. The molecule has 2 aromatic rings. The summed E-state index contributed by atoms with van der Waals surface area (Å²) in [5, 5.41) is 3.73. The highest BCUT2D eigenvalue weighted by Gasteiger charge is 2.33. The molecule has 0 atom stereocenters. The summed E-state index contributed by atoms with van der Waals surface area (Å²) in [5.41, 5.74) is 0.939. The summed E-state index contributed by atoms with van der Waals surface area (Å²) in [4.78, 5) is 17.1. The van der Waals surface area contributed by atoms with Gasteiger partial charge < -0.3 is 14.4 Å². The molecule has 0 spiro atoms. The molecule has 1 aliphatic rings. The Bertz CT molecular complexity index is 806. The van der Waals surface area contributed by atoms with Crippen LogP contribution in [-0.2, 0) is 10.0 Å². The highest BCUT2D eigenvalue weighted by molar-refractivity contribution is 7.89. The van der Waals surface area contributed by atoms with Crippen molar-refractivity contribution in [2.45, 2.75) is 25.2 Å². The van der Waals surface area contributed by atoms with Crippen LogP contribution >= 0.6 is 0 Å². The Morgan fingerprint density at radius 2 is 2.04 bits per heavy atom. The molecular weight excluding hydrogens is 332 g/mol. The van der Waals surface area contributed by atoms with Crippen molar-refractivity contribution < 1.29 is 17.7 Å². The lowest BCUT2D eigenvalue weighted by atomic mass is 10.3. The topological polar surface area (TPSA) is 99.5 Å². The number of nitrogens with one attached hydrogen (secondary N) is 1. The van der Waals surface area contributed by atoms with Gasteiger partial charge in [0.1, 0.15) is 10.6 Å². The molecule has 1 amide bonds. The monoisotopic (exact) mass is 352 g/mol. The molecule has 1 aliphatic heterocycles. The summed E-state index contributed by atoms with van der Waals surface area (Å²) < 4.78 is 32.1. The smallest absolute Gasteiger partial charge is 0.255 e. The Labute approximate surface area is 140 Å². The first kappa shape index (κ1) is 16.7. The Balaban J connectivity index is 1.77. The Morgan fingerprint density at radius 3 is 2.67 bits per heavy atom. The maximum Gasteiger partial charge on any atom is 0.255 e. The van der Waals surface area contributed by atoms with Crippen molar-refractivity contribution in [3.63, 3.8) is 0 Å². The van der Waals surface area contributed by atoms with Gasteiger partial charge in [-0.05, 0) is 26.3 Å². The van der Waals surface area contributed by atoms with Crippen molar-refractivity contribution in [2.75, 3.05) is 26.2 Å². The van der Waals surface area contributed by atoms with E-state index in [1.807, 2.05) is 0 Å². The molecule has 24 heavy (non-hydrogen) atoms. The van der Waals surface area contributed by atoms with Crippen LogP contribution in [0.2, 0.25) is 0 Å². The van der Waals surface area contributed by atoms with E-state index in [0.717, 1.165) is 0 Å². The number of carbonyl (C=O) groups is 1. The van der Waals surface area contributed by atoms with E-state index in [2.05, 4.69) is 10.1 Å². The van der Waals surface area contributed by atoms with Crippen molar-refractivity contribution in [3.05, 3.63) is 35.5 Å². The maximum absolute atomic E-state index is 12.9. The van der Waals surface area contributed by atoms with Gasteiger partial charge in [0.15, 0.2) is 5.76 Å². The quantitative estimate of drug-likeness (QED) is 0.893. The molecule has 0 unspecified atom stereocenters. The van der Waals surface area contributed by atoms with Crippen LogP contribution in [0.4, 0.5) is 0 Å². The fraction of sp³-hybridized carbons (Fsp3) is 0.467. The third kappa shape index (κ3) is 2.96. The SMILES string of the molecule is Cc1noc(C)c1S(=O)(=O)N1CCCN(C(=O)c2cc[nH]c2)CC1. The molecule has 130 valence electrons. The van der Waals surface area contributed by atoms with Gasteiger partial charge in [-0.25, -0.2) is 8.42 Å². The van der Waals surface area contributed by atoms with E-state index in [-0.39, 0.29) is 23.1 Å². The maximum atomic E-state index is 12.9. The minimum absolute atomic E-state index is 0.0900. The summed E-state index contributed by atoms with van der Waals surface area (Å²) in [6.45, 7) is 4.70. The molecule has 0 bridgehead atoms. The first-order valence-corrected chi connectivity index (χ1v) is 9.20. The Morgan fingerprint density at radius 1 is 1.25 bits per heavy atom. The molecular formula is C15H20N4O4S. The van der Waals surface area contributed by atoms with Crippen molar-refractivity contribution in [2.24, 2.45) is 0 Å². The van der Waals surface area contributed by atoms with Gasteiger partial charge in [-0.3, -0.25) is 4.79 Å². The minimum atomic E-state index is -3.67. The zero-order chi connectivity index (χ0) is 17.3. The van der Waals surface area contributed by atoms with Gasteiger partial charge in [-0.1, -0.05) is 5.16 Å². The van der Waals surface area contributed by atoms with E-state index in [1.54, 1.807) is 37.2 Å². The van der Waals surface area contributed by atoms with Crippen LogP contribution in [0.25, 0.3) is 0 Å². The molecule has 2 aromatic heterocycles.